The van der Waals surface area contributed by atoms with E-state index in [2.05, 4.69) is 0 Å². The van der Waals surface area contributed by atoms with Crippen LogP contribution in [0.25, 0.3) is 0 Å². The summed E-state index contributed by atoms with van der Waals surface area (Å²) in [4.78, 5) is 14.8. The second-order valence-corrected chi connectivity index (χ2v) is 6.74. The molecule has 2 heterocycles. The Kier molecular flexibility index (Phi) is 5.74. The van der Waals surface area contributed by atoms with Crippen LogP contribution in [0.1, 0.15) is 25.7 Å². The number of benzene rings is 1. The summed E-state index contributed by atoms with van der Waals surface area (Å²) < 4.78 is 17.1. The van der Waals surface area contributed by atoms with Gasteiger partial charge in [-0.15, -0.1) is 0 Å². The molecule has 24 heavy (non-hydrogen) atoms. The fraction of sp³-hybridized carbons (Fsp3) is 0.632. The van der Waals surface area contributed by atoms with E-state index in [0.29, 0.717) is 26.4 Å². The van der Waals surface area contributed by atoms with E-state index in [0.717, 1.165) is 38.0 Å². The van der Waals surface area contributed by atoms with Crippen LogP contribution in [0, 0.1) is 5.92 Å². The molecule has 5 heteroatoms. The molecule has 3 rings (SSSR count). The van der Waals surface area contributed by atoms with Gasteiger partial charge in [0.25, 0.3) is 0 Å². The second-order valence-electron chi connectivity index (χ2n) is 6.74. The Morgan fingerprint density at radius 2 is 2.04 bits per heavy atom. The minimum Gasteiger partial charge on any atom is -0.491 e. The molecule has 1 amide bonds. The van der Waals surface area contributed by atoms with Crippen molar-refractivity contribution in [2.45, 2.75) is 31.3 Å². The fourth-order valence-electron chi connectivity index (χ4n) is 3.56. The topological polar surface area (TPSA) is 48.0 Å². The quantitative estimate of drug-likeness (QED) is 0.831. The zero-order valence-electron chi connectivity index (χ0n) is 14.4. The van der Waals surface area contributed by atoms with Gasteiger partial charge in [-0.3, -0.25) is 4.79 Å². The lowest BCUT2D eigenvalue weighted by Gasteiger charge is -2.42. The van der Waals surface area contributed by atoms with Gasteiger partial charge in [-0.2, -0.15) is 0 Å². The number of carbonyl (C=O) groups excluding carboxylic acids is 1. The van der Waals surface area contributed by atoms with Gasteiger partial charge in [0, 0.05) is 32.8 Å². The highest BCUT2D eigenvalue weighted by Gasteiger charge is 2.39. The van der Waals surface area contributed by atoms with Crippen LogP contribution in [0.2, 0.25) is 0 Å². The molecule has 132 valence electrons. The second kappa shape index (κ2) is 7.99. The van der Waals surface area contributed by atoms with Crippen LogP contribution in [0.5, 0.6) is 5.75 Å². The van der Waals surface area contributed by atoms with E-state index >= 15 is 0 Å². The average molecular weight is 333 g/mol. The molecule has 0 bridgehead atoms. The van der Waals surface area contributed by atoms with Crippen LogP contribution >= 0.6 is 0 Å². The standard InChI is InChI=1S/C19H27NO4/c1-22-19(15-24-17-6-3-2-4-7-17)10-5-11-20(14-19)18(21)16-8-12-23-13-9-16/h2-4,6-7,16H,5,8-15H2,1H3. The lowest BCUT2D eigenvalue weighted by atomic mass is 9.91. The highest BCUT2D eigenvalue weighted by Crippen LogP contribution is 2.28. The molecule has 1 unspecified atom stereocenters. The number of ether oxygens (including phenoxy) is 3. The van der Waals surface area contributed by atoms with Gasteiger partial charge in [-0.05, 0) is 37.8 Å². The van der Waals surface area contributed by atoms with Crippen molar-refractivity contribution in [2.75, 3.05) is 40.0 Å². The SMILES string of the molecule is COC1(COc2ccccc2)CCCN(C(=O)C2CCOCC2)C1. The largest absolute Gasteiger partial charge is 0.491 e. The predicted octanol–water partition coefficient (Wildman–Crippen LogP) is 2.50. The zero-order chi connectivity index (χ0) is 16.8. The molecular formula is C19H27NO4. The number of carbonyl (C=O) groups is 1. The van der Waals surface area contributed by atoms with Gasteiger partial charge >= 0.3 is 0 Å². The van der Waals surface area contributed by atoms with Crippen molar-refractivity contribution in [1.29, 1.82) is 0 Å². The van der Waals surface area contributed by atoms with Gasteiger partial charge in [0.05, 0.1) is 6.54 Å². The van der Waals surface area contributed by atoms with Crippen LogP contribution in [0.15, 0.2) is 30.3 Å². The van der Waals surface area contributed by atoms with E-state index in [9.17, 15) is 4.79 Å². The number of methoxy groups -OCH3 is 1. The van der Waals surface area contributed by atoms with Crippen molar-refractivity contribution < 1.29 is 19.0 Å². The third-order valence-electron chi connectivity index (χ3n) is 5.10. The van der Waals surface area contributed by atoms with Gasteiger partial charge in [0.1, 0.15) is 18.0 Å². The van der Waals surface area contributed by atoms with Crippen LogP contribution < -0.4 is 4.74 Å². The van der Waals surface area contributed by atoms with Crippen molar-refractivity contribution in [3.05, 3.63) is 30.3 Å². The number of piperidine rings is 1. The van der Waals surface area contributed by atoms with Gasteiger partial charge in [-0.1, -0.05) is 18.2 Å². The first-order valence-electron chi connectivity index (χ1n) is 8.82. The summed E-state index contributed by atoms with van der Waals surface area (Å²) in [7, 11) is 1.72. The van der Waals surface area contributed by atoms with Crippen LogP contribution in [-0.2, 0) is 14.3 Å². The molecule has 5 nitrogen and oxygen atoms in total. The van der Waals surface area contributed by atoms with Gasteiger partial charge in [0.15, 0.2) is 0 Å². The Labute approximate surface area is 143 Å². The van der Waals surface area contributed by atoms with E-state index in [-0.39, 0.29) is 11.8 Å². The molecule has 0 spiro atoms. The average Bonchev–Trinajstić information content (AvgIpc) is 2.67. The summed E-state index contributed by atoms with van der Waals surface area (Å²) >= 11 is 0. The molecule has 2 aliphatic rings. The van der Waals surface area contributed by atoms with Crippen LogP contribution in [-0.4, -0.2) is 56.4 Å². The number of para-hydroxylation sites is 1. The summed E-state index contributed by atoms with van der Waals surface area (Å²) in [6, 6.07) is 9.76. The summed E-state index contributed by atoms with van der Waals surface area (Å²) in [5.74, 6) is 1.18. The molecule has 1 aromatic rings. The predicted molar refractivity (Wildman–Crippen MR) is 91.0 cm³/mol. The monoisotopic (exact) mass is 333 g/mol. The molecular weight excluding hydrogens is 306 g/mol. The lowest BCUT2D eigenvalue weighted by Crippen LogP contribution is -2.55. The molecule has 0 aromatic heterocycles. The maximum Gasteiger partial charge on any atom is 0.225 e. The molecule has 2 aliphatic heterocycles. The van der Waals surface area contributed by atoms with Gasteiger partial charge in [-0.25, -0.2) is 0 Å². The van der Waals surface area contributed by atoms with E-state index in [1.165, 1.54) is 0 Å². The molecule has 0 aliphatic carbocycles. The first-order valence-corrected chi connectivity index (χ1v) is 8.82. The number of hydrogen-bond acceptors (Lipinski definition) is 4. The molecule has 1 aromatic carbocycles. The minimum atomic E-state index is -0.422. The van der Waals surface area contributed by atoms with Crippen molar-refractivity contribution in [3.8, 4) is 5.75 Å². The summed E-state index contributed by atoms with van der Waals surface area (Å²) in [5, 5.41) is 0. The minimum absolute atomic E-state index is 0.0986. The summed E-state index contributed by atoms with van der Waals surface area (Å²) in [6.45, 7) is 3.26. The molecule has 1 atom stereocenters. The molecule has 0 radical (unpaired) electrons. The summed E-state index contributed by atoms with van der Waals surface area (Å²) in [5.41, 5.74) is -0.422. The fourth-order valence-corrected chi connectivity index (χ4v) is 3.56. The number of nitrogens with zero attached hydrogens (tertiary/aromatic N) is 1. The van der Waals surface area contributed by atoms with E-state index in [4.69, 9.17) is 14.2 Å². The van der Waals surface area contributed by atoms with E-state index in [1.807, 2.05) is 35.2 Å². The third-order valence-corrected chi connectivity index (χ3v) is 5.10. The highest BCUT2D eigenvalue weighted by atomic mass is 16.5. The number of likely N-dealkylation sites (tertiary alicyclic amines) is 1. The maximum absolute atomic E-state index is 12.8. The van der Waals surface area contributed by atoms with E-state index in [1.54, 1.807) is 7.11 Å². The van der Waals surface area contributed by atoms with Crippen molar-refractivity contribution in [2.24, 2.45) is 5.92 Å². The highest BCUT2D eigenvalue weighted by molar-refractivity contribution is 5.79. The first-order chi connectivity index (χ1) is 11.7. The number of rotatable bonds is 5. The Morgan fingerprint density at radius 3 is 2.75 bits per heavy atom. The van der Waals surface area contributed by atoms with Crippen LogP contribution in [0.3, 0.4) is 0 Å². The lowest BCUT2D eigenvalue weighted by molar-refractivity contribution is -0.149. The van der Waals surface area contributed by atoms with Crippen LogP contribution in [0.4, 0.5) is 0 Å². The maximum atomic E-state index is 12.8. The normalized spacial score (nSPS) is 25.5. The van der Waals surface area contributed by atoms with Gasteiger partial charge < -0.3 is 19.1 Å². The Morgan fingerprint density at radius 1 is 1.29 bits per heavy atom. The van der Waals surface area contributed by atoms with Gasteiger partial charge in [0.2, 0.25) is 5.91 Å². The third kappa shape index (κ3) is 4.08. The number of amides is 1. The number of hydrogen-bond donors (Lipinski definition) is 0. The molecule has 2 saturated heterocycles. The van der Waals surface area contributed by atoms with Crippen molar-refractivity contribution in [1.82, 2.24) is 4.90 Å². The van der Waals surface area contributed by atoms with Crippen molar-refractivity contribution >= 4 is 5.91 Å². The first kappa shape index (κ1) is 17.2. The molecule has 2 fully saturated rings. The molecule has 0 saturated carbocycles. The summed E-state index contributed by atoms with van der Waals surface area (Å²) in [6.07, 6.45) is 3.51. The van der Waals surface area contributed by atoms with E-state index < -0.39 is 5.60 Å². The Balaban J connectivity index is 1.61. The van der Waals surface area contributed by atoms with Crippen molar-refractivity contribution in [3.63, 3.8) is 0 Å². The Hall–Kier alpha value is -1.59. The Bertz CT molecular complexity index is 529. The molecule has 0 N–H and O–H groups in total. The smallest absolute Gasteiger partial charge is 0.225 e. The zero-order valence-corrected chi connectivity index (χ0v) is 14.4.